The molecule has 0 saturated carbocycles. The smallest absolute Gasteiger partial charge is 0.238 e. The number of phenolic OH excluding ortho intramolecular Hbond substituents is 1. The molecular weight excluding hydrogens is 542 g/mol. The number of halogens is 1. The highest BCUT2D eigenvalue weighted by Gasteiger charge is 2.56. The molecule has 0 aromatic heterocycles. The number of benzene rings is 2. The number of allylic oxidation sites excluding steroid dienone is 7. The zero-order valence-corrected chi connectivity index (χ0v) is 23.6. The number of fused-ring (bicyclic) bond motifs is 3. The molecule has 8 heteroatoms. The Morgan fingerprint density at radius 1 is 1.02 bits per heavy atom. The lowest BCUT2D eigenvalue weighted by Crippen LogP contribution is -2.40. The minimum Gasteiger partial charge on any atom is -0.504 e. The lowest BCUT2D eigenvalue weighted by molar-refractivity contribution is -0.123. The van der Waals surface area contributed by atoms with Gasteiger partial charge in [0.15, 0.2) is 23.1 Å². The molecule has 4 atom stereocenters. The van der Waals surface area contributed by atoms with Gasteiger partial charge >= 0.3 is 0 Å². The van der Waals surface area contributed by atoms with Crippen LogP contribution in [0.5, 0.6) is 11.5 Å². The molecule has 7 nitrogen and oxygen atoms in total. The highest BCUT2D eigenvalue weighted by Crippen LogP contribution is 2.53. The second kappa shape index (κ2) is 10.00. The van der Waals surface area contributed by atoms with E-state index >= 15 is 0 Å². The first kappa shape index (κ1) is 27.0. The fourth-order valence-electron chi connectivity index (χ4n) is 6.62. The molecule has 1 N–H and O–H groups in total. The van der Waals surface area contributed by atoms with Crippen molar-refractivity contribution in [1.82, 2.24) is 0 Å². The van der Waals surface area contributed by atoms with Crippen LogP contribution < -0.4 is 9.64 Å². The SMILES string of the molecule is COc1cc(C=CC2C3=CCC4C(=O)N(c5ccc(C)c(Cl)c5)C(=O)C4C3CC3=C2C(=O)C(C)=CC3=O)ccc1O. The summed E-state index contributed by atoms with van der Waals surface area (Å²) < 4.78 is 5.23. The third kappa shape index (κ3) is 4.27. The van der Waals surface area contributed by atoms with Crippen LogP contribution in [-0.2, 0) is 19.2 Å². The number of rotatable bonds is 4. The van der Waals surface area contributed by atoms with Gasteiger partial charge in [-0.05, 0) is 74.1 Å². The number of aromatic hydroxyl groups is 1. The molecule has 0 bridgehead atoms. The minimum absolute atomic E-state index is 0.00561. The molecule has 1 heterocycles. The lowest BCUT2D eigenvalue weighted by atomic mass is 9.60. The molecule has 2 amide bonds. The number of phenols is 1. The van der Waals surface area contributed by atoms with Gasteiger partial charge in [0, 0.05) is 27.7 Å². The lowest BCUT2D eigenvalue weighted by Gasteiger charge is -2.41. The average molecular weight is 570 g/mol. The summed E-state index contributed by atoms with van der Waals surface area (Å²) in [5.41, 5.74) is 4.08. The van der Waals surface area contributed by atoms with Crippen molar-refractivity contribution in [2.45, 2.75) is 26.7 Å². The second-order valence-corrected chi connectivity index (χ2v) is 11.4. The number of ketones is 2. The number of aryl methyl sites for hydroxylation is 1. The van der Waals surface area contributed by atoms with Gasteiger partial charge in [0.1, 0.15) is 0 Å². The van der Waals surface area contributed by atoms with Crippen LogP contribution in [0.15, 0.2) is 76.9 Å². The van der Waals surface area contributed by atoms with Crippen LogP contribution in [0, 0.1) is 30.6 Å². The van der Waals surface area contributed by atoms with Crippen molar-refractivity contribution in [3.05, 3.63) is 93.1 Å². The van der Waals surface area contributed by atoms with Gasteiger partial charge in [0.25, 0.3) is 0 Å². The third-order valence-corrected chi connectivity index (χ3v) is 9.12. The minimum atomic E-state index is -0.656. The summed E-state index contributed by atoms with van der Waals surface area (Å²) in [6, 6.07) is 10.1. The molecule has 208 valence electrons. The number of methoxy groups -OCH3 is 1. The van der Waals surface area contributed by atoms with E-state index in [1.807, 2.05) is 25.2 Å². The number of carbonyl (C=O) groups is 4. The summed E-state index contributed by atoms with van der Waals surface area (Å²) in [5.74, 6) is -2.88. The molecule has 1 fully saturated rings. The fourth-order valence-corrected chi connectivity index (χ4v) is 6.79. The molecular formula is C33H28ClNO6. The van der Waals surface area contributed by atoms with E-state index in [1.165, 1.54) is 24.2 Å². The number of amides is 2. The number of imide groups is 1. The molecule has 2 aromatic carbocycles. The van der Waals surface area contributed by atoms with Crippen LogP contribution in [0.3, 0.4) is 0 Å². The summed E-state index contributed by atoms with van der Waals surface area (Å²) >= 11 is 6.33. The topological polar surface area (TPSA) is 101 Å². The Labute approximate surface area is 242 Å². The molecule has 2 aromatic rings. The predicted molar refractivity (Wildman–Crippen MR) is 154 cm³/mol. The van der Waals surface area contributed by atoms with Crippen LogP contribution in [-0.4, -0.2) is 35.6 Å². The summed E-state index contributed by atoms with van der Waals surface area (Å²) in [6.45, 7) is 3.49. The highest BCUT2D eigenvalue weighted by molar-refractivity contribution is 6.32. The standard InChI is InChI=1S/C33H28ClNO6/c1-16-4-7-19(14-25(16)34)35-32(39)22-10-9-20-21(8-5-18-6-11-26(36)28(13-18)41-3)29-24(15-23(20)30(22)33(35)40)27(37)12-17(2)31(29)38/h4-9,11-14,21-23,30,36H,10,15H2,1-3H3. The number of hydrogen-bond acceptors (Lipinski definition) is 6. The summed E-state index contributed by atoms with van der Waals surface area (Å²) in [6.07, 6.45) is 7.60. The van der Waals surface area contributed by atoms with Gasteiger partial charge in [-0.2, -0.15) is 0 Å². The first-order valence-corrected chi connectivity index (χ1v) is 13.9. The molecule has 4 aliphatic rings. The number of Topliss-reactive ketones (excluding diaryl/α,β-unsaturated/α-hetero) is 1. The second-order valence-electron chi connectivity index (χ2n) is 11.0. The number of ether oxygens (including phenoxy) is 1. The molecule has 4 unspecified atom stereocenters. The number of nitrogens with zero attached hydrogens (tertiary/aromatic N) is 1. The molecule has 3 aliphatic carbocycles. The van der Waals surface area contributed by atoms with Crippen LogP contribution in [0.4, 0.5) is 5.69 Å². The van der Waals surface area contributed by atoms with Gasteiger partial charge in [-0.15, -0.1) is 0 Å². The van der Waals surface area contributed by atoms with E-state index in [4.69, 9.17) is 16.3 Å². The normalized spacial score (nSPS) is 25.7. The molecule has 1 aliphatic heterocycles. The molecule has 1 saturated heterocycles. The van der Waals surface area contributed by atoms with Crippen LogP contribution in [0.1, 0.15) is 30.9 Å². The Bertz CT molecular complexity index is 1680. The molecule has 6 rings (SSSR count). The summed E-state index contributed by atoms with van der Waals surface area (Å²) in [5, 5.41) is 10.5. The largest absolute Gasteiger partial charge is 0.504 e. The van der Waals surface area contributed by atoms with Crippen molar-refractivity contribution in [2.75, 3.05) is 12.0 Å². The van der Waals surface area contributed by atoms with Crippen molar-refractivity contribution in [3.8, 4) is 11.5 Å². The fraction of sp³-hybridized carbons (Fsp3) is 0.273. The van der Waals surface area contributed by atoms with Gasteiger partial charge in [0.05, 0.1) is 24.6 Å². The molecule has 41 heavy (non-hydrogen) atoms. The quantitative estimate of drug-likeness (QED) is 0.295. The van der Waals surface area contributed by atoms with E-state index in [0.717, 1.165) is 16.7 Å². The summed E-state index contributed by atoms with van der Waals surface area (Å²) in [7, 11) is 1.46. The maximum atomic E-state index is 13.9. The van der Waals surface area contributed by atoms with Crippen LogP contribution in [0.25, 0.3) is 6.08 Å². The van der Waals surface area contributed by atoms with Crippen molar-refractivity contribution in [2.24, 2.45) is 23.7 Å². The Morgan fingerprint density at radius 2 is 1.80 bits per heavy atom. The zero-order chi connectivity index (χ0) is 29.2. The van der Waals surface area contributed by atoms with Gasteiger partial charge in [-0.1, -0.05) is 47.5 Å². The predicted octanol–water partition coefficient (Wildman–Crippen LogP) is 5.54. The monoisotopic (exact) mass is 569 g/mol. The number of anilines is 1. The van der Waals surface area contributed by atoms with E-state index in [1.54, 1.807) is 37.3 Å². The van der Waals surface area contributed by atoms with Crippen LogP contribution in [0.2, 0.25) is 5.02 Å². The highest BCUT2D eigenvalue weighted by atomic mass is 35.5. The number of carbonyl (C=O) groups excluding carboxylic acids is 4. The number of hydrogen-bond donors (Lipinski definition) is 1. The van der Waals surface area contributed by atoms with Gasteiger partial charge in [-0.3, -0.25) is 19.2 Å². The van der Waals surface area contributed by atoms with Crippen molar-refractivity contribution in [3.63, 3.8) is 0 Å². The Hall–Kier alpha value is -4.23. The van der Waals surface area contributed by atoms with Gasteiger partial charge < -0.3 is 9.84 Å². The third-order valence-electron chi connectivity index (χ3n) is 8.71. The first-order chi connectivity index (χ1) is 19.6. The summed E-state index contributed by atoms with van der Waals surface area (Å²) in [4.78, 5) is 55.5. The maximum absolute atomic E-state index is 13.9. The van der Waals surface area contributed by atoms with Crippen LogP contribution >= 0.6 is 11.6 Å². The van der Waals surface area contributed by atoms with E-state index in [2.05, 4.69) is 0 Å². The van der Waals surface area contributed by atoms with E-state index in [9.17, 15) is 24.3 Å². The van der Waals surface area contributed by atoms with E-state index in [-0.39, 0.29) is 35.6 Å². The Morgan fingerprint density at radius 3 is 2.54 bits per heavy atom. The van der Waals surface area contributed by atoms with E-state index < -0.39 is 23.7 Å². The van der Waals surface area contributed by atoms with Crippen molar-refractivity contribution < 1.29 is 29.0 Å². The molecule has 0 radical (unpaired) electrons. The van der Waals surface area contributed by atoms with E-state index in [0.29, 0.717) is 39.6 Å². The molecule has 0 spiro atoms. The van der Waals surface area contributed by atoms with Crippen molar-refractivity contribution >= 4 is 46.7 Å². The Kier molecular flexibility index (Phi) is 6.57. The Balaban J connectivity index is 1.42. The van der Waals surface area contributed by atoms with Crippen molar-refractivity contribution in [1.29, 1.82) is 0 Å². The first-order valence-electron chi connectivity index (χ1n) is 13.5. The van der Waals surface area contributed by atoms with Gasteiger partial charge in [-0.25, -0.2) is 4.90 Å². The zero-order valence-electron chi connectivity index (χ0n) is 22.8. The maximum Gasteiger partial charge on any atom is 0.238 e. The average Bonchev–Trinajstić information content (AvgIpc) is 3.21. The van der Waals surface area contributed by atoms with Gasteiger partial charge in [0.2, 0.25) is 11.8 Å².